The fourth-order valence-corrected chi connectivity index (χ4v) is 3.30. The predicted octanol–water partition coefficient (Wildman–Crippen LogP) is 2.01. The maximum Gasteiger partial charge on any atom is 0.221 e. The maximum absolute atomic E-state index is 11.1. The number of aliphatic hydroxyl groups excluding tert-OH is 1. The van der Waals surface area contributed by atoms with Crippen LogP contribution in [0.3, 0.4) is 0 Å². The number of nitrogens with one attached hydrogen (secondary N) is 1. The highest BCUT2D eigenvalue weighted by atomic mass is 16.3. The van der Waals surface area contributed by atoms with E-state index in [4.69, 9.17) is 5.73 Å². The molecular weight excluding hydrogens is 292 g/mol. The van der Waals surface area contributed by atoms with E-state index in [0.717, 1.165) is 19.4 Å². The lowest BCUT2D eigenvalue weighted by Crippen LogP contribution is -2.42. The summed E-state index contributed by atoms with van der Waals surface area (Å²) in [5.74, 6) is 0.237. The van der Waals surface area contributed by atoms with Crippen molar-refractivity contribution in [1.82, 2.24) is 5.32 Å². The van der Waals surface area contributed by atoms with E-state index in [9.17, 15) is 15.0 Å². The Morgan fingerprint density at radius 3 is 2.83 bits per heavy atom. The zero-order valence-electron chi connectivity index (χ0n) is 13.8. The second-order valence-electron chi connectivity index (χ2n) is 6.58. The average molecular weight is 320 g/mol. The van der Waals surface area contributed by atoms with Crippen LogP contribution in [0, 0.1) is 5.92 Å². The maximum atomic E-state index is 11.1. The number of carbonyl (C=O) groups excluding carboxylic acids is 1. The first-order valence-corrected chi connectivity index (χ1v) is 8.52. The van der Waals surface area contributed by atoms with Crippen LogP contribution in [0.5, 0.6) is 5.75 Å². The summed E-state index contributed by atoms with van der Waals surface area (Å²) in [5, 5.41) is 23.8. The van der Waals surface area contributed by atoms with Gasteiger partial charge in [0.25, 0.3) is 0 Å². The molecule has 0 radical (unpaired) electrons. The van der Waals surface area contributed by atoms with Gasteiger partial charge < -0.3 is 21.3 Å². The van der Waals surface area contributed by atoms with E-state index in [-0.39, 0.29) is 18.2 Å². The van der Waals surface area contributed by atoms with Crippen molar-refractivity contribution >= 4 is 5.91 Å². The number of hydrogen-bond donors (Lipinski definition) is 4. The molecule has 1 aliphatic rings. The van der Waals surface area contributed by atoms with E-state index in [1.807, 2.05) is 0 Å². The molecule has 3 atom stereocenters. The molecule has 23 heavy (non-hydrogen) atoms. The molecular formula is C18H28N2O3. The van der Waals surface area contributed by atoms with Crippen molar-refractivity contribution in [2.75, 3.05) is 6.54 Å². The number of nitrogens with two attached hydrogens (primary N) is 1. The number of rotatable bonds is 7. The molecule has 3 unspecified atom stereocenters. The number of piperidine rings is 1. The van der Waals surface area contributed by atoms with E-state index in [1.54, 1.807) is 12.1 Å². The van der Waals surface area contributed by atoms with Gasteiger partial charge in [0.15, 0.2) is 0 Å². The monoisotopic (exact) mass is 320 g/mol. The third kappa shape index (κ3) is 4.94. The van der Waals surface area contributed by atoms with Crippen molar-refractivity contribution in [2.45, 2.75) is 57.6 Å². The molecule has 5 heteroatoms. The van der Waals surface area contributed by atoms with Crippen LogP contribution in [0.25, 0.3) is 0 Å². The number of hydrogen-bond acceptors (Lipinski definition) is 4. The predicted molar refractivity (Wildman–Crippen MR) is 90.0 cm³/mol. The summed E-state index contributed by atoms with van der Waals surface area (Å²) in [6.45, 7) is 3.14. The number of benzene rings is 1. The number of unbranched alkanes of at least 4 members (excludes halogenated alkanes) is 1. The molecule has 128 valence electrons. The number of aliphatic hydroxyl groups is 1. The van der Waals surface area contributed by atoms with Gasteiger partial charge in [0.2, 0.25) is 5.91 Å². The second kappa shape index (κ2) is 8.31. The molecule has 0 aromatic heterocycles. The fourth-order valence-electron chi connectivity index (χ4n) is 3.30. The summed E-state index contributed by atoms with van der Waals surface area (Å²) >= 11 is 0. The molecule has 5 N–H and O–H groups in total. The van der Waals surface area contributed by atoms with Gasteiger partial charge in [0.1, 0.15) is 5.75 Å². The van der Waals surface area contributed by atoms with Crippen LogP contribution < -0.4 is 11.1 Å². The third-order valence-electron chi connectivity index (χ3n) is 4.71. The average Bonchev–Trinajstić information content (AvgIpc) is 2.54. The molecule has 0 spiro atoms. The van der Waals surface area contributed by atoms with E-state index in [0.29, 0.717) is 17.0 Å². The lowest BCUT2D eigenvalue weighted by Gasteiger charge is -2.33. The van der Waals surface area contributed by atoms with E-state index in [2.05, 4.69) is 12.2 Å². The Kier molecular flexibility index (Phi) is 6.42. The number of aromatic hydroxyl groups is 1. The minimum atomic E-state index is -0.644. The number of primary amides is 1. The van der Waals surface area contributed by atoms with E-state index < -0.39 is 12.0 Å². The molecule has 2 rings (SSSR count). The smallest absolute Gasteiger partial charge is 0.221 e. The molecule has 1 aromatic rings. The number of carbonyl (C=O) groups is 1. The SMILES string of the molecule is CCCCC1CCC(C(O)c2ccc(O)c(CC(N)=O)c2)NC1. The standard InChI is InChI=1S/C18H28N2O3/c1-2-3-4-12-5-7-15(20-11-12)18(23)13-6-8-16(21)14(9-13)10-17(19)22/h6,8-9,12,15,18,20-21,23H,2-5,7,10-11H2,1H3,(H2,19,22). The van der Waals surface area contributed by atoms with Crippen LogP contribution >= 0.6 is 0 Å². The summed E-state index contributed by atoms with van der Waals surface area (Å²) in [5.41, 5.74) is 6.37. The summed E-state index contributed by atoms with van der Waals surface area (Å²) < 4.78 is 0. The Morgan fingerprint density at radius 1 is 1.43 bits per heavy atom. The minimum Gasteiger partial charge on any atom is -0.508 e. The quantitative estimate of drug-likeness (QED) is 0.618. The molecule has 1 aliphatic heterocycles. The molecule has 1 fully saturated rings. The van der Waals surface area contributed by atoms with Crippen molar-refractivity contribution < 1.29 is 15.0 Å². The summed E-state index contributed by atoms with van der Waals surface area (Å²) in [6.07, 6.45) is 5.11. The van der Waals surface area contributed by atoms with Gasteiger partial charge in [-0.3, -0.25) is 4.79 Å². The molecule has 1 heterocycles. The third-order valence-corrected chi connectivity index (χ3v) is 4.71. The van der Waals surface area contributed by atoms with Gasteiger partial charge in [0, 0.05) is 11.6 Å². The summed E-state index contributed by atoms with van der Waals surface area (Å²) in [6, 6.07) is 4.91. The van der Waals surface area contributed by atoms with E-state index >= 15 is 0 Å². The van der Waals surface area contributed by atoms with Gasteiger partial charge in [0.05, 0.1) is 12.5 Å². The summed E-state index contributed by atoms with van der Waals surface area (Å²) in [7, 11) is 0. The second-order valence-corrected chi connectivity index (χ2v) is 6.58. The van der Waals surface area contributed by atoms with Crippen LogP contribution in [0.4, 0.5) is 0 Å². The van der Waals surface area contributed by atoms with Crippen molar-refractivity contribution in [3.05, 3.63) is 29.3 Å². The molecule has 5 nitrogen and oxygen atoms in total. The van der Waals surface area contributed by atoms with E-state index in [1.165, 1.54) is 25.3 Å². The van der Waals surface area contributed by atoms with Crippen molar-refractivity contribution in [2.24, 2.45) is 11.7 Å². The molecule has 1 saturated heterocycles. The van der Waals surface area contributed by atoms with Gasteiger partial charge in [-0.2, -0.15) is 0 Å². The van der Waals surface area contributed by atoms with Crippen molar-refractivity contribution in [3.63, 3.8) is 0 Å². The zero-order valence-corrected chi connectivity index (χ0v) is 13.8. The van der Waals surface area contributed by atoms with Crippen LogP contribution in [-0.4, -0.2) is 28.7 Å². The largest absolute Gasteiger partial charge is 0.508 e. The number of amides is 1. The first-order chi connectivity index (χ1) is 11.0. The van der Waals surface area contributed by atoms with Crippen LogP contribution in [0.2, 0.25) is 0 Å². The first kappa shape index (κ1) is 17.8. The van der Waals surface area contributed by atoms with Crippen LogP contribution in [0.1, 0.15) is 56.3 Å². The Labute approximate surface area is 137 Å². The lowest BCUT2D eigenvalue weighted by atomic mass is 9.87. The topological polar surface area (TPSA) is 95.6 Å². The highest BCUT2D eigenvalue weighted by Crippen LogP contribution is 2.29. The number of phenolic OH excluding ortho intramolecular Hbond substituents is 1. The fraction of sp³-hybridized carbons (Fsp3) is 0.611. The highest BCUT2D eigenvalue weighted by molar-refractivity contribution is 5.77. The van der Waals surface area contributed by atoms with Crippen LogP contribution in [-0.2, 0) is 11.2 Å². The molecule has 0 aliphatic carbocycles. The Balaban J connectivity index is 1.98. The molecule has 1 aromatic carbocycles. The first-order valence-electron chi connectivity index (χ1n) is 8.52. The van der Waals surface area contributed by atoms with Crippen molar-refractivity contribution in [1.29, 1.82) is 0 Å². The highest BCUT2D eigenvalue weighted by Gasteiger charge is 2.27. The van der Waals surface area contributed by atoms with Gasteiger partial charge in [-0.15, -0.1) is 0 Å². The number of phenols is 1. The lowest BCUT2D eigenvalue weighted by molar-refractivity contribution is -0.117. The minimum absolute atomic E-state index is 0.0128. The van der Waals surface area contributed by atoms with Gasteiger partial charge in [-0.25, -0.2) is 0 Å². The molecule has 0 bridgehead atoms. The summed E-state index contributed by atoms with van der Waals surface area (Å²) in [4.78, 5) is 11.1. The normalized spacial score (nSPS) is 22.7. The molecule has 0 saturated carbocycles. The van der Waals surface area contributed by atoms with Crippen molar-refractivity contribution in [3.8, 4) is 5.75 Å². The van der Waals surface area contributed by atoms with Gasteiger partial charge >= 0.3 is 0 Å². The zero-order chi connectivity index (χ0) is 16.8. The van der Waals surface area contributed by atoms with Gasteiger partial charge in [-0.05, 0) is 49.4 Å². The Bertz CT molecular complexity index is 525. The Hall–Kier alpha value is -1.59. The Morgan fingerprint density at radius 2 is 2.22 bits per heavy atom. The van der Waals surface area contributed by atoms with Gasteiger partial charge in [-0.1, -0.05) is 25.8 Å². The van der Waals surface area contributed by atoms with Crippen LogP contribution in [0.15, 0.2) is 18.2 Å². The molecule has 1 amide bonds.